The van der Waals surface area contributed by atoms with Crippen molar-refractivity contribution in [2.75, 3.05) is 10.6 Å². The third-order valence-electron chi connectivity index (χ3n) is 6.70. The molecule has 0 fully saturated rings. The summed E-state index contributed by atoms with van der Waals surface area (Å²) in [6.45, 7) is 8.81. The molecule has 0 radical (unpaired) electrons. The Kier molecular flexibility index (Phi) is 6.89. The van der Waals surface area contributed by atoms with Gasteiger partial charge >= 0.3 is 0 Å². The van der Waals surface area contributed by atoms with Gasteiger partial charge in [0.25, 0.3) is 11.8 Å². The largest absolute Gasteiger partial charge is 0.322 e. The van der Waals surface area contributed by atoms with Crippen molar-refractivity contribution < 1.29 is 14.0 Å². The first-order chi connectivity index (χ1) is 16.2. The normalized spacial score (nSPS) is 15.5. The van der Waals surface area contributed by atoms with Crippen LogP contribution in [0, 0.1) is 17.2 Å². The lowest BCUT2D eigenvalue weighted by molar-refractivity contribution is 0.102. The molecule has 0 saturated carbocycles. The first-order valence-corrected chi connectivity index (χ1v) is 12.6. The lowest BCUT2D eigenvalue weighted by Gasteiger charge is -2.33. The third kappa shape index (κ3) is 5.07. The summed E-state index contributed by atoms with van der Waals surface area (Å²) >= 11 is 1.49. The van der Waals surface area contributed by atoms with Gasteiger partial charge in [-0.15, -0.1) is 11.3 Å². The zero-order valence-corrected chi connectivity index (χ0v) is 20.9. The molecule has 4 rings (SSSR count). The van der Waals surface area contributed by atoms with Gasteiger partial charge in [0.15, 0.2) is 0 Å². The summed E-state index contributed by atoms with van der Waals surface area (Å²) < 4.78 is 13.3. The molecule has 34 heavy (non-hydrogen) atoms. The van der Waals surface area contributed by atoms with Crippen LogP contribution in [0.3, 0.4) is 0 Å². The van der Waals surface area contributed by atoms with Gasteiger partial charge < -0.3 is 10.6 Å². The summed E-state index contributed by atoms with van der Waals surface area (Å²) in [4.78, 5) is 27.7. The van der Waals surface area contributed by atoms with E-state index in [9.17, 15) is 14.0 Å². The summed E-state index contributed by atoms with van der Waals surface area (Å²) in [7, 11) is 0. The van der Waals surface area contributed by atoms with Gasteiger partial charge in [0, 0.05) is 16.1 Å². The number of amides is 2. The van der Waals surface area contributed by atoms with Gasteiger partial charge in [-0.05, 0) is 78.5 Å². The number of hydrogen-bond acceptors (Lipinski definition) is 3. The molecule has 1 unspecified atom stereocenters. The van der Waals surface area contributed by atoms with Gasteiger partial charge in [0.1, 0.15) is 10.8 Å². The Labute approximate surface area is 204 Å². The molecule has 1 aliphatic carbocycles. The predicted octanol–water partition coefficient (Wildman–Crippen LogP) is 7.11. The van der Waals surface area contributed by atoms with E-state index >= 15 is 0 Å². The SMILES string of the molecule is CCc1ccccc1NC(=O)c1c(NC(=O)c2ccc(F)cc2)sc2c1CCC(C(C)(C)C)C2. The van der Waals surface area contributed by atoms with E-state index in [1.807, 2.05) is 24.3 Å². The van der Waals surface area contributed by atoms with Gasteiger partial charge in [-0.2, -0.15) is 0 Å². The Morgan fingerprint density at radius 2 is 1.74 bits per heavy atom. The molecule has 3 aromatic rings. The van der Waals surface area contributed by atoms with Crippen LogP contribution in [0.25, 0.3) is 0 Å². The number of para-hydroxylation sites is 1. The number of nitrogens with one attached hydrogen (secondary N) is 2. The number of aryl methyl sites for hydroxylation is 1. The first kappa shape index (κ1) is 24.1. The van der Waals surface area contributed by atoms with E-state index in [2.05, 4.69) is 38.3 Å². The van der Waals surface area contributed by atoms with E-state index in [0.29, 0.717) is 22.0 Å². The van der Waals surface area contributed by atoms with Crippen LogP contribution in [-0.2, 0) is 19.3 Å². The van der Waals surface area contributed by atoms with Crippen molar-refractivity contribution in [1.29, 1.82) is 0 Å². The van der Waals surface area contributed by atoms with Crippen LogP contribution in [0.15, 0.2) is 48.5 Å². The Hall–Kier alpha value is -2.99. The second kappa shape index (κ2) is 9.71. The lowest BCUT2D eigenvalue weighted by atomic mass is 9.72. The monoisotopic (exact) mass is 478 g/mol. The number of halogens is 1. The van der Waals surface area contributed by atoms with Crippen molar-refractivity contribution in [1.82, 2.24) is 0 Å². The quantitative estimate of drug-likeness (QED) is 0.411. The van der Waals surface area contributed by atoms with Crippen molar-refractivity contribution in [2.45, 2.75) is 53.4 Å². The van der Waals surface area contributed by atoms with Crippen LogP contribution < -0.4 is 10.6 Å². The highest BCUT2D eigenvalue weighted by Gasteiger charge is 2.34. The van der Waals surface area contributed by atoms with Gasteiger partial charge in [-0.25, -0.2) is 4.39 Å². The maximum Gasteiger partial charge on any atom is 0.258 e. The van der Waals surface area contributed by atoms with E-state index < -0.39 is 5.82 Å². The van der Waals surface area contributed by atoms with Gasteiger partial charge in [0.2, 0.25) is 0 Å². The van der Waals surface area contributed by atoms with E-state index in [-0.39, 0.29) is 17.2 Å². The fourth-order valence-corrected chi connectivity index (χ4v) is 5.89. The minimum atomic E-state index is -0.397. The molecule has 1 aliphatic rings. The minimum Gasteiger partial charge on any atom is -0.322 e. The number of carbonyl (C=O) groups excluding carboxylic acids is 2. The number of carbonyl (C=O) groups is 2. The first-order valence-electron chi connectivity index (χ1n) is 11.8. The molecule has 4 nitrogen and oxygen atoms in total. The fraction of sp³-hybridized carbons (Fsp3) is 0.357. The zero-order chi connectivity index (χ0) is 24.5. The van der Waals surface area contributed by atoms with Gasteiger partial charge in [-0.1, -0.05) is 45.9 Å². The zero-order valence-electron chi connectivity index (χ0n) is 20.1. The van der Waals surface area contributed by atoms with E-state index in [1.54, 1.807) is 0 Å². The summed E-state index contributed by atoms with van der Waals surface area (Å²) in [5.41, 5.74) is 3.95. The predicted molar refractivity (Wildman–Crippen MR) is 137 cm³/mol. The molecule has 1 atom stereocenters. The topological polar surface area (TPSA) is 58.2 Å². The van der Waals surface area contributed by atoms with Crippen LogP contribution in [-0.4, -0.2) is 11.8 Å². The molecular weight excluding hydrogens is 447 g/mol. The van der Waals surface area contributed by atoms with E-state index in [1.165, 1.54) is 35.6 Å². The fourth-order valence-electron chi connectivity index (χ4n) is 4.57. The highest BCUT2D eigenvalue weighted by Crippen LogP contribution is 2.44. The summed E-state index contributed by atoms with van der Waals surface area (Å²) in [6, 6.07) is 13.2. The molecule has 0 spiro atoms. The summed E-state index contributed by atoms with van der Waals surface area (Å²) in [6.07, 6.45) is 3.50. The van der Waals surface area contributed by atoms with Crippen LogP contribution in [0.5, 0.6) is 0 Å². The smallest absolute Gasteiger partial charge is 0.258 e. The highest BCUT2D eigenvalue weighted by atomic mass is 32.1. The van der Waals surface area contributed by atoms with Crippen molar-refractivity contribution >= 4 is 33.8 Å². The molecule has 1 aromatic heterocycles. The van der Waals surface area contributed by atoms with E-state index in [0.717, 1.165) is 47.4 Å². The molecule has 2 N–H and O–H groups in total. The molecular formula is C28H31FN2O2S. The van der Waals surface area contributed by atoms with Crippen LogP contribution in [0.4, 0.5) is 15.1 Å². The van der Waals surface area contributed by atoms with Gasteiger partial charge in [0.05, 0.1) is 5.56 Å². The second-order valence-corrected chi connectivity index (χ2v) is 11.0. The molecule has 1 heterocycles. The summed E-state index contributed by atoms with van der Waals surface area (Å²) in [5, 5.41) is 6.59. The number of rotatable bonds is 5. The summed E-state index contributed by atoms with van der Waals surface area (Å²) in [5.74, 6) is -0.446. The third-order valence-corrected chi connectivity index (χ3v) is 7.87. The van der Waals surface area contributed by atoms with Crippen molar-refractivity contribution in [3.8, 4) is 0 Å². The number of hydrogen-bond donors (Lipinski definition) is 2. The number of benzene rings is 2. The Morgan fingerprint density at radius 3 is 2.41 bits per heavy atom. The average Bonchev–Trinajstić information content (AvgIpc) is 3.16. The van der Waals surface area contributed by atoms with Crippen LogP contribution in [0.2, 0.25) is 0 Å². The molecule has 0 bridgehead atoms. The van der Waals surface area contributed by atoms with Crippen molar-refractivity contribution in [2.24, 2.45) is 11.3 Å². The number of anilines is 2. The molecule has 2 aromatic carbocycles. The Balaban J connectivity index is 1.69. The maximum atomic E-state index is 13.6. The lowest BCUT2D eigenvalue weighted by Crippen LogP contribution is -2.27. The number of thiophene rings is 1. The molecule has 6 heteroatoms. The minimum absolute atomic E-state index is 0.168. The molecule has 178 valence electrons. The molecule has 0 saturated heterocycles. The van der Waals surface area contributed by atoms with Crippen molar-refractivity contribution in [3.05, 3.63) is 81.5 Å². The highest BCUT2D eigenvalue weighted by molar-refractivity contribution is 7.17. The number of fused-ring (bicyclic) bond motifs is 1. The van der Waals surface area contributed by atoms with Crippen molar-refractivity contribution in [3.63, 3.8) is 0 Å². The Morgan fingerprint density at radius 1 is 1.03 bits per heavy atom. The van der Waals surface area contributed by atoms with Gasteiger partial charge in [-0.3, -0.25) is 9.59 Å². The molecule has 2 amide bonds. The van der Waals surface area contributed by atoms with E-state index in [4.69, 9.17) is 0 Å². The average molecular weight is 479 g/mol. The second-order valence-electron chi connectivity index (χ2n) is 9.94. The molecule has 0 aliphatic heterocycles. The standard InChI is InChI=1S/C28H31FN2O2S/c1-5-17-8-6-7-9-22(17)30-26(33)24-21-15-12-19(28(2,3)4)16-23(21)34-27(24)31-25(32)18-10-13-20(29)14-11-18/h6-11,13-14,19H,5,12,15-16H2,1-4H3,(H,30,33)(H,31,32). The van der Waals surface area contributed by atoms with Crippen LogP contribution >= 0.6 is 11.3 Å². The van der Waals surface area contributed by atoms with Crippen LogP contribution in [0.1, 0.15) is 70.8 Å². The Bertz CT molecular complexity index is 1210. The maximum absolute atomic E-state index is 13.6.